The molecule has 4 amide bonds. The maximum absolute atomic E-state index is 14.9. The van der Waals surface area contributed by atoms with Gasteiger partial charge in [0.15, 0.2) is 33.0 Å². The number of carbonyl (C=O) groups is 4. The summed E-state index contributed by atoms with van der Waals surface area (Å²) < 4.78 is 71.8. The summed E-state index contributed by atoms with van der Waals surface area (Å²) in [5, 5.41) is 13.0. The highest BCUT2D eigenvalue weighted by molar-refractivity contribution is 6.58. The second-order valence-corrected chi connectivity index (χ2v) is 11.3. The van der Waals surface area contributed by atoms with E-state index in [4.69, 9.17) is 23.2 Å². The van der Waals surface area contributed by atoms with Crippen molar-refractivity contribution >= 4 is 52.5 Å². The van der Waals surface area contributed by atoms with E-state index in [1.807, 2.05) is 0 Å². The van der Waals surface area contributed by atoms with Crippen molar-refractivity contribution in [1.29, 1.82) is 0 Å². The van der Waals surface area contributed by atoms with E-state index < -0.39 is 104 Å². The number of allylic oxidation sites excluding steroid dienone is 2. The van der Waals surface area contributed by atoms with Gasteiger partial charge in [0.1, 0.15) is 11.4 Å². The van der Waals surface area contributed by atoms with E-state index in [0.717, 1.165) is 0 Å². The number of fused-ring (bicyclic) bond motifs is 4. The van der Waals surface area contributed by atoms with Gasteiger partial charge in [-0.3, -0.25) is 24.5 Å². The van der Waals surface area contributed by atoms with Crippen LogP contribution in [-0.2, 0) is 19.2 Å². The normalized spacial score (nSPS) is 33.0. The Morgan fingerprint density at radius 2 is 1.45 bits per heavy atom. The molecule has 6 rings (SSSR count). The first-order chi connectivity index (χ1) is 18.8. The fourth-order valence-electron chi connectivity index (χ4n) is 6.55. The molecule has 0 bridgehead atoms. The molecule has 2 saturated heterocycles. The van der Waals surface area contributed by atoms with Crippen molar-refractivity contribution in [3.63, 3.8) is 0 Å². The van der Waals surface area contributed by atoms with Crippen molar-refractivity contribution in [2.45, 2.75) is 28.5 Å². The van der Waals surface area contributed by atoms with Crippen LogP contribution in [0.15, 0.2) is 35.9 Å². The van der Waals surface area contributed by atoms with Crippen molar-refractivity contribution in [2.24, 2.45) is 17.8 Å². The Balaban J connectivity index is 1.62. The lowest BCUT2D eigenvalue weighted by atomic mass is 9.56. The number of anilines is 1. The summed E-state index contributed by atoms with van der Waals surface area (Å²) in [7, 11) is 0. The molecule has 7 nitrogen and oxygen atoms in total. The van der Waals surface area contributed by atoms with Gasteiger partial charge in [-0.05, 0) is 24.8 Å². The van der Waals surface area contributed by atoms with Gasteiger partial charge in [-0.25, -0.2) is 26.9 Å². The van der Waals surface area contributed by atoms with Crippen LogP contribution in [0.2, 0.25) is 0 Å². The fourth-order valence-corrected chi connectivity index (χ4v) is 7.48. The number of amides is 4. The first-order valence-corrected chi connectivity index (χ1v) is 12.6. The minimum atomic E-state index is -2.67. The van der Waals surface area contributed by atoms with Crippen LogP contribution in [0.3, 0.4) is 0 Å². The highest BCUT2D eigenvalue weighted by Gasteiger charge is 2.77. The van der Waals surface area contributed by atoms with Gasteiger partial charge in [-0.2, -0.15) is 0 Å². The highest BCUT2D eigenvalue weighted by Crippen LogP contribution is 2.66. The number of carbonyl (C=O) groups excluding carboxylic acids is 4. The second kappa shape index (κ2) is 8.50. The maximum atomic E-state index is 14.9. The van der Waals surface area contributed by atoms with E-state index in [-0.39, 0.29) is 22.5 Å². The Labute approximate surface area is 231 Å². The lowest BCUT2D eigenvalue weighted by Gasteiger charge is -2.50. The number of hydrogen-bond donors (Lipinski definition) is 2. The molecule has 2 heterocycles. The zero-order valence-corrected chi connectivity index (χ0v) is 21.3. The number of benzene rings is 2. The molecule has 2 aromatic rings. The number of aromatic hydroxyl groups is 1. The Kier molecular flexibility index (Phi) is 5.67. The fraction of sp³-hybridized carbons (Fsp3) is 0.308. The molecule has 1 saturated carbocycles. The second-order valence-electron chi connectivity index (χ2n) is 10.1. The molecule has 2 N–H and O–H groups in total. The number of nitrogens with zero attached hydrogens (tertiary/aromatic N) is 1. The van der Waals surface area contributed by atoms with Crippen LogP contribution >= 0.6 is 23.2 Å². The van der Waals surface area contributed by atoms with Gasteiger partial charge >= 0.3 is 0 Å². The van der Waals surface area contributed by atoms with E-state index >= 15 is 0 Å². The summed E-state index contributed by atoms with van der Waals surface area (Å²) in [5.74, 6) is -21.6. The van der Waals surface area contributed by atoms with E-state index in [1.54, 1.807) is 0 Å². The molecule has 40 heavy (non-hydrogen) atoms. The quantitative estimate of drug-likeness (QED) is 0.136. The largest absolute Gasteiger partial charge is 0.508 e. The predicted octanol–water partition coefficient (Wildman–Crippen LogP) is 3.94. The number of imide groups is 2. The summed E-state index contributed by atoms with van der Waals surface area (Å²) in [6.07, 6.45) is 0.941. The van der Waals surface area contributed by atoms with Gasteiger partial charge < -0.3 is 5.11 Å². The molecule has 2 aliphatic carbocycles. The standard InChI is InChI=1S/C26H15Cl2F5N2O5/c27-25-7-11-8(5-6-10-13(11)22(38)34-21(10)37)14(9-3-1-2-4-12(9)36)26(25,28)24(40)35(23(25)39)20-18(32)16(30)15(29)17(31)19(20)33/h1-5,10-11,13-14,36H,6-7H2,(H,34,37,38). The number of phenolic OH excluding ortho intramolecular Hbond substituents is 1. The van der Waals surface area contributed by atoms with Gasteiger partial charge in [0.05, 0.1) is 11.8 Å². The number of phenols is 1. The average molecular weight is 601 g/mol. The molecule has 0 aromatic heterocycles. The van der Waals surface area contributed by atoms with Gasteiger partial charge in [0.25, 0.3) is 11.8 Å². The zero-order chi connectivity index (χ0) is 29.0. The maximum Gasteiger partial charge on any atom is 0.258 e. The lowest BCUT2D eigenvalue weighted by molar-refractivity contribution is -0.127. The minimum Gasteiger partial charge on any atom is -0.508 e. The number of nitrogens with one attached hydrogen (secondary N) is 1. The first kappa shape index (κ1) is 26.7. The molecule has 0 radical (unpaired) electrons. The van der Waals surface area contributed by atoms with E-state index in [2.05, 4.69) is 5.32 Å². The van der Waals surface area contributed by atoms with Crippen LogP contribution in [-0.4, -0.2) is 38.5 Å². The topological polar surface area (TPSA) is 104 Å². The lowest BCUT2D eigenvalue weighted by Crippen LogP contribution is -2.60. The summed E-state index contributed by atoms with van der Waals surface area (Å²) in [4.78, 5) is 47.5. The number of hydrogen-bond acceptors (Lipinski definition) is 5. The van der Waals surface area contributed by atoms with Gasteiger partial charge in [-0.15, -0.1) is 23.2 Å². The Hall–Kier alpha value is -3.51. The van der Waals surface area contributed by atoms with Crippen LogP contribution in [0.1, 0.15) is 24.3 Å². The first-order valence-electron chi connectivity index (χ1n) is 11.9. The monoisotopic (exact) mass is 600 g/mol. The van der Waals surface area contributed by atoms with E-state index in [0.29, 0.717) is 0 Å². The van der Waals surface area contributed by atoms with Gasteiger partial charge in [-0.1, -0.05) is 29.8 Å². The van der Waals surface area contributed by atoms with Crippen molar-refractivity contribution in [3.8, 4) is 5.75 Å². The van der Waals surface area contributed by atoms with Gasteiger partial charge in [0.2, 0.25) is 17.6 Å². The molecule has 4 aliphatic rings. The molecular formula is C26H15Cl2F5N2O5. The molecule has 6 atom stereocenters. The summed E-state index contributed by atoms with van der Waals surface area (Å²) in [5.41, 5.74) is -1.66. The molecule has 0 spiro atoms. The molecule has 3 fully saturated rings. The van der Waals surface area contributed by atoms with E-state index in [9.17, 15) is 46.2 Å². The summed E-state index contributed by atoms with van der Waals surface area (Å²) in [6.45, 7) is 0. The molecule has 14 heteroatoms. The third-order valence-corrected chi connectivity index (χ3v) is 9.73. The third kappa shape index (κ3) is 3.06. The van der Waals surface area contributed by atoms with Crippen LogP contribution < -0.4 is 10.2 Å². The molecule has 2 aromatic carbocycles. The Bertz CT molecular complexity index is 1590. The Morgan fingerprint density at radius 3 is 2.08 bits per heavy atom. The van der Waals surface area contributed by atoms with Crippen molar-refractivity contribution in [1.82, 2.24) is 5.32 Å². The van der Waals surface area contributed by atoms with Crippen LogP contribution in [0.4, 0.5) is 27.6 Å². The average Bonchev–Trinajstić information content (AvgIpc) is 3.29. The molecule has 2 aliphatic heterocycles. The van der Waals surface area contributed by atoms with E-state index in [1.165, 1.54) is 30.3 Å². The minimum absolute atomic E-state index is 0.0178. The summed E-state index contributed by atoms with van der Waals surface area (Å²) >= 11 is 13.8. The predicted molar refractivity (Wildman–Crippen MR) is 128 cm³/mol. The van der Waals surface area contributed by atoms with Gasteiger partial charge in [0, 0.05) is 11.5 Å². The van der Waals surface area contributed by atoms with Crippen molar-refractivity contribution in [3.05, 3.63) is 70.6 Å². The number of halogens is 7. The SMILES string of the molecule is O=C1NC(=O)C2C1CC=C1C2CC2(Cl)C(=O)N(c3c(F)c(F)c(F)c(F)c3F)C(=O)C2(Cl)C1c1ccccc1O. The zero-order valence-electron chi connectivity index (χ0n) is 19.8. The van der Waals surface area contributed by atoms with Crippen LogP contribution in [0, 0.1) is 46.8 Å². The Morgan fingerprint density at radius 1 is 0.850 bits per heavy atom. The van der Waals surface area contributed by atoms with Crippen molar-refractivity contribution in [2.75, 3.05) is 4.90 Å². The number of rotatable bonds is 2. The highest BCUT2D eigenvalue weighted by atomic mass is 35.5. The molecule has 6 unspecified atom stereocenters. The van der Waals surface area contributed by atoms with Crippen LogP contribution in [0.25, 0.3) is 0 Å². The molecule has 208 valence electrons. The summed E-state index contributed by atoms with van der Waals surface area (Å²) in [6, 6.07) is 5.46. The number of alkyl halides is 2. The molecular weight excluding hydrogens is 586 g/mol. The third-order valence-electron chi connectivity index (χ3n) is 8.31. The number of para-hydroxylation sites is 1. The smallest absolute Gasteiger partial charge is 0.258 e. The van der Waals surface area contributed by atoms with Crippen molar-refractivity contribution < 1.29 is 46.2 Å². The van der Waals surface area contributed by atoms with Crippen LogP contribution in [0.5, 0.6) is 5.75 Å².